The molecule has 0 aliphatic carbocycles. The molecule has 0 saturated heterocycles. The summed E-state index contributed by atoms with van der Waals surface area (Å²) in [5.41, 5.74) is -0.412. The molecule has 0 aromatic carbocycles. The summed E-state index contributed by atoms with van der Waals surface area (Å²) in [6.45, 7) is 1.52. The Bertz CT molecular complexity index is 400. The standard InChI is InChI=1S/C6H8N2O3S/c1-2-12(10,11)6-4-7-5(9)3-8-6/h3-4H,2H2,1H3,(H,7,9). The summed E-state index contributed by atoms with van der Waals surface area (Å²) in [4.78, 5) is 16.3. The van der Waals surface area contributed by atoms with E-state index in [4.69, 9.17) is 0 Å². The van der Waals surface area contributed by atoms with E-state index in [2.05, 4.69) is 9.97 Å². The summed E-state index contributed by atoms with van der Waals surface area (Å²) < 4.78 is 22.3. The molecular weight excluding hydrogens is 180 g/mol. The van der Waals surface area contributed by atoms with E-state index < -0.39 is 15.4 Å². The lowest BCUT2D eigenvalue weighted by molar-refractivity contribution is 0.592. The van der Waals surface area contributed by atoms with E-state index >= 15 is 0 Å². The topological polar surface area (TPSA) is 79.9 Å². The van der Waals surface area contributed by atoms with Crippen LogP contribution in [-0.2, 0) is 9.84 Å². The molecule has 0 atom stereocenters. The molecule has 0 saturated carbocycles. The van der Waals surface area contributed by atoms with Gasteiger partial charge in [0.05, 0.1) is 11.9 Å². The van der Waals surface area contributed by atoms with E-state index in [1.54, 1.807) is 0 Å². The number of nitrogens with one attached hydrogen (secondary N) is 1. The first kappa shape index (κ1) is 8.92. The Hall–Kier alpha value is -1.17. The second-order valence-electron chi connectivity index (χ2n) is 2.15. The highest BCUT2D eigenvalue weighted by molar-refractivity contribution is 7.91. The second-order valence-corrected chi connectivity index (χ2v) is 4.38. The zero-order valence-electron chi connectivity index (χ0n) is 6.44. The van der Waals surface area contributed by atoms with Crippen LogP contribution < -0.4 is 5.56 Å². The van der Waals surface area contributed by atoms with Crippen molar-refractivity contribution in [1.82, 2.24) is 9.97 Å². The fourth-order valence-corrected chi connectivity index (χ4v) is 1.40. The first-order valence-corrected chi connectivity index (χ1v) is 4.99. The third-order valence-electron chi connectivity index (χ3n) is 1.35. The lowest BCUT2D eigenvalue weighted by Gasteiger charge is -1.96. The summed E-state index contributed by atoms with van der Waals surface area (Å²) in [5, 5.41) is -0.0930. The first-order valence-electron chi connectivity index (χ1n) is 3.34. The summed E-state index contributed by atoms with van der Waals surface area (Å²) in [6.07, 6.45) is 2.05. The molecule has 0 aliphatic rings. The fourth-order valence-electron chi connectivity index (χ4n) is 0.648. The molecule has 0 radical (unpaired) electrons. The summed E-state index contributed by atoms with van der Waals surface area (Å²) in [6, 6.07) is 0. The van der Waals surface area contributed by atoms with E-state index in [0.29, 0.717) is 0 Å². The molecule has 0 aliphatic heterocycles. The molecule has 0 unspecified atom stereocenters. The van der Waals surface area contributed by atoms with Crippen LogP contribution in [0.25, 0.3) is 0 Å². The third-order valence-corrected chi connectivity index (χ3v) is 2.97. The van der Waals surface area contributed by atoms with Gasteiger partial charge in [-0.25, -0.2) is 13.4 Å². The molecule has 0 bridgehead atoms. The minimum Gasteiger partial charge on any atom is -0.325 e. The first-order chi connectivity index (χ1) is 5.56. The van der Waals surface area contributed by atoms with Crippen LogP contribution in [0.2, 0.25) is 0 Å². The maximum Gasteiger partial charge on any atom is 0.266 e. The molecular formula is C6H8N2O3S. The average molecular weight is 188 g/mol. The molecule has 12 heavy (non-hydrogen) atoms. The van der Waals surface area contributed by atoms with E-state index in [-0.39, 0.29) is 10.8 Å². The largest absolute Gasteiger partial charge is 0.325 e. The van der Waals surface area contributed by atoms with Gasteiger partial charge in [-0.15, -0.1) is 0 Å². The molecule has 0 amide bonds. The Kier molecular flexibility index (Phi) is 2.27. The van der Waals surface area contributed by atoms with Crippen LogP contribution in [0.5, 0.6) is 0 Å². The van der Waals surface area contributed by atoms with Gasteiger partial charge in [-0.05, 0) is 0 Å². The monoisotopic (exact) mass is 188 g/mol. The predicted octanol–water partition coefficient (Wildman–Crippen LogP) is -0.437. The van der Waals surface area contributed by atoms with Gasteiger partial charge in [0.1, 0.15) is 0 Å². The molecule has 6 heteroatoms. The number of H-pyrrole nitrogens is 1. The van der Waals surface area contributed by atoms with Crippen molar-refractivity contribution < 1.29 is 8.42 Å². The van der Waals surface area contributed by atoms with Crippen molar-refractivity contribution in [3.63, 3.8) is 0 Å². The smallest absolute Gasteiger partial charge is 0.266 e. The van der Waals surface area contributed by atoms with Crippen LogP contribution in [0.4, 0.5) is 0 Å². The lowest BCUT2D eigenvalue weighted by Crippen LogP contribution is -2.11. The Balaban J connectivity index is 3.23. The highest BCUT2D eigenvalue weighted by Gasteiger charge is 2.12. The van der Waals surface area contributed by atoms with E-state index in [1.807, 2.05) is 0 Å². The van der Waals surface area contributed by atoms with Crippen LogP contribution in [-0.4, -0.2) is 24.1 Å². The summed E-state index contributed by atoms with van der Waals surface area (Å²) in [7, 11) is -3.30. The van der Waals surface area contributed by atoms with Crippen LogP contribution in [0.1, 0.15) is 6.92 Å². The molecule has 0 spiro atoms. The minimum absolute atomic E-state index is 0.0218. The predicted molar refractivity (Wildman–Crippen MR) is 42.6 cm³/mol. The molecule has 66 valence electrons. The van der Waals surface area contributed by atoms with Gasteiger partial charge in [0.2, 0.25) is 0 Å². The zero-order valence-corrected chi connectivity index (χ0v) is 7.26. The van der Waals surface area contributed by atoms with E-state index in [9.17, 15) is 13.2 Å². The second kappa shape index (κ2) is 3.06. The quantitative estimate of drug-likeness (QED) is 0.682. The maximum absolute atomic E-state index is 11.1. The summed E-state index contributed by atoms with van der Waals surface area (Å²) in [5.74, 6) is -0.0218. The molecule has 1 aromatic rings. The SMILES string of the molecule is CCS(=O)(=O)c1c[nH]c(=O)cn1. The fraction of sp³-hybridized carbons (Fsp3) is 0.333. The van der Waals surface area contributed by atoms with Crippen molar-refractivity contribution >= 4 is 9.84 Å². The normalized spacial score (nSPS) is 11.4. The van der Waals surface area contributed by atoms with Crippen LogP contribution >= 0.6 is 0 Å². The van der Waals surface area contributed by atoms with Crippen LogP contribution in [0, 0.1) is 0 Å². The highest BCUT2D eigenvalue weighted by atomic mass is 32.2. The number of hydrogen-bond acceptors (Lipinski definition) is 4. The minimum atomic E-state index is -3.30. The van der Waals surface area contributed by atoms with E-state index in [1.165, 1.54) is 6.92 Å². The maximum atomic E-state index is 11.1. The van der Waals surface area contributed by atoms with Gasteiger partial charge in [-0.3, -0.25) is 4.79 Å². The Labute approximate surface area is 69.4 Å². The lowest BCUT2D eigenvalue weighted by atomic mass is 10.7. The Morgan fingerprint density at radius 2 is 2.25 bits per heavy atom. The van der Waals surface area contributed by atoms with Crippen LogP contribution in [0.3, 0.4) is 0 Å². The molecule has 5 nitrogen and oxygen atoms in total. The van der Waals surface area contributed by atoms with E-state index in [0.717, 1.165) is 12.4 Å². The molecule has 1 aromatic heterocycles. The van der Waals surface area contributed by atoms with Gasteiger partial charge in [0.15, 0.2) is 14.9 Å². The van der Waals surface area contributed by atoms with Gasteiger partial charge in [0.25, 0.3) is 5.56 Å². The van der Waals surface area contributed by atoms with Crippen molar-refractivity contribution in [2.45, 2.75) is 11.9 Å². The highest BCUT2D eigenvalue weighted by Crippen LogP contribution is 2.02. The Morgan fingerprint density at radius 1 is 1.58 bits per heavy atom. The number of aromatic nitrogens is 2. The van der Waals surface area contributed by atoms with Gasteiger partial charge < -0.3 is 4.98 Å². The third kappa shape index (κ3) is 1.70. The molecule has 0 fully saturated rings. The van der Waals surface area contributed by atoms with Crippen molar-refractivity contribution in [1.29, 1.82) is 0 Å². The zero-order chi connectivity index (χ0) is 9.19. The average Bonchev–Trinajstić information content (AvgIpc) is 2.05. The van der Waals surface area contributed by atoms with Gasteiger partial charge in [-0.1, -0.05) is 6.92 Å². The van der Waals surface area contributed by atoms with Crippen LogP contribution in [0.15, 0.2) is 22.2 Å². The van der Waals surface area contributed by atoms with Crippen molar-refractivity contribution in [2.75, 3.05) is 5.75 Å². The molecule has 1 N–H and O–H groups in total. The van der Waals surface area contributed by atoms with Gasteiger partial charge in [0, 0.05) is 6.20 Å². The number of nitrogens with zero attached hydrogens (tertiary/aromatic N) is 1. The summed E-state index contributed by atoms with van der Waals surface area (Å²) >= 11 is 0. The van der Waals surface area contributed by atoms with Crippen molar-refractivity contribution in [2.24, 2.45) is 0 Å². The molecule has 1 rings (SSSR count). The molecule has 1 heterocycles. The Morgan fingerprint density at radius 3 is 2.67 bits per heavy atom. The number of aromatic amines is 1. The van der Waals surface area contributed by atoms with Gasteiger partial charge >= 0.3 is 0 Å². The van der Waals surface area contributed by atoms with Crippen molar-refractivity contribution in [3.05, 3.63) is 22.7 Å². The number of hydrogen-bond donors (Lipinski definition) is 1. The number of rotatable bonds is 2. The van der Waals surface area contributed by atoms with Gasteiger partial charge in [-0.2, -0.15) is 0 Å². The number of sulfone groups is 1. The van der Waals surface area contributed by atoms with Crippen molar-refractivity contribution in [3.8, 4) is 0 Å².